The van der Waals surface area contributed by atoms with Crippen molar-refractivity contribution in [2.24, 2.45) is 0 Å². The van der Waals surface area contributed by atoms with Gasteiger partial charge in [0.2, 0.25) is 0 Å². The molecule has 0 saturated carbocycles. The number of aryl methyl sites for hydroxylation is 1. The van der Waals surface area contributed by atoms with Gasteiger partial charge in [0.1, 0.15) is 26.9 Å². The Morgan fingerprint density at radius 3 is 2.75 bits per heavy atom. The molecule has 0 spiro atoms. The van der Waals surface area contributed by atoms with Gasteiger partial charge in [0.15, 0.2) is 5.69 Å². The molecule has 2 atom stereocenters. The molecule has 2 aromatic carbocycles. The molecule has 0 radical (unpaired) electrons. The van der Waals surface area contributed by atoms with Gasteiger partial charge in [-0.1, -0.05) is 18.2 Å². The van der Waals surface area contributed by atoms with Crippen LogP contribution in [0, 0.1) is 6.92 Å². The second-order valence-electron chi connectivity index (χ2n) is 9.15. The number of ether oxygens (including phenoxy) is 2. The lowest BCUT2D eigenvalue weighted by molar-refractivity contribution is 0.0935. The molecule has 2 aromatic heterocycles. The third-order valence-corrected chi connectivity index (χ3v) is 7.89. The van der Waals surface area contributed by atoms with Crippen LogP contribution in [0.5, 0.6) is 11.5 Å². The highest BCUT2D eigenvalue weighted by atomic mass is 32.1. The molecule has 2 aliphatic heterocycles. The summed E-state index contributed by atoms with van der Waals surface area (Å²) in [6.45, 7) is 3.10. The molecule has 1 saturated heterocycles. The van der Waals surface area contributed by atoms with Gasteiger partial charge in [-0.15, -0.1) is 11.3 Å². The maximum atomic E-state index is 13.7. The molecule has 2 N–H and O–H groups in total. The van der Waals surface area contributed by atoms with Crippen molar-refractivity contribution in [1.82, 2.24) is 14.8 Å². The molecular formula is C27H25N4O4S+. The predicted octanol–water partition coefficient (Wildman–Crippen LogP) is 5.73. The van der Waals surface area contributed by atoms with Crippen LogP contribution < -0.4 is 19.9 Å². The van der Waals surface area contributed by atoms with Crippen molar-refractivity contribution in [2.75, 3.05) is 25.6 Å². The lowest BCUT2D eigenvalue weighted by Crippen LogP contribution is -2.51. The van der Waals surface area contributed by atoms with Crippen LogP contribution in [0.15, 0.2) is 60.8 Å². The Bertz CT molecular complexity index is 1500. The zero-order valence-electron chi connectivity index (χ0n) is 19.9. The number of para-hydroxylation sites is 1. The van der Waals surface area contributed by atoms with E-state index in [1.807, 2.05) is 68.6 Å². The maximum absolute atomic E-state index is 13.7. The highest BCUT2D eigenvalue weighted by molar-refractivity contribution is 7.21. The zero-order chi connectivity index (χ0) is 24.9. The molecule has 36 heavy (non-hydrogen) atoms. The molecule has 1 fully saturated rings. The SMILES string of the molecule is Cc1cc(Oc2ccccc2)ccc1[N+]1(C)C(=O)Nc2c(C(=O)N[C@H]3CCOC3)sc3nccc1c23. The Morgan fingerprint density at radius 2 is 2.00 bits per heavy atom. The number of hydrogen-bond acceptors (Lipinski definition) is 6. The highest BCUT2D eigenvalue weighted by Gasteiger charge is 2.46. The first-order valence-corrected chi connectivity index (χ1v) is 12.6. The number of nitrogens with one attached hydrogen (secondary N) is 2. The summed E-state index contributed by atoms with van der Waals surface area (Å²) in [5.74, 6) is 1.22. The second-order valence-corrected chi connectivity index (χ2v) is 10.1. The average Bonchev–Trinajstić information content (AvgIpc) is 3.52. The maximum Gasteiger partial charge on any atom is 0.431 e. The van der Waals surface area contributed by atoms with E-state index in [1.165, 1.54) is 11.3 Å². The molecule has 1 unspecified atom stereocenters. The van der Waals surface area contributed by atoms with Crippen molar-refractivity contribution < 1.29 is 19.1 Å². The number of aromatic nitrogens is 1. The molecule has 0 aliphatic carbocycles. The summed E-state index contributed by atoms with van der Waals surface area (Å²) in [5.41, 5.74) is 3.02. The molecule has 3 amide bonds. The Balaban J connectivity index is 1.40. The fourth-order valence-corrected chi connectivity index (χ4v) is 5.97. The molecule has 6 rings (SSSR count). The number of urea groups is 1. The standard InChI is InChI=1S/C27H24N4O4S/c1-16-14-19(35-18-6-4-3-5-7-18)8-9-20(16)31(2)21-10-12-28-26-22(21)23(30-27(31)33)24(36-26)25(32)29-17-11-13-34-15-17/h3-10,12,14,17H,11,13,15H2,1-2H3,(H-,29,30,32,33)/p+1/t17-,31?/m0/s1. The number of thiophene rings is 1. The Morgan fingerprint density at radius 1 is 1.17 bits per heavy atom. The van der Waals surface area contributed by atoms with Gasteiger partial charge in [0.05, 0.1) is 30.8 Å². The number of hydrogen-bond donors (Lipinski definition) is 2. The molecule has 4 heterocycles. The number of benzene rings is 2. The fourth-order valence-electron chi connectivity index (χ4n) is 4.94. The lowest BCUT2D eigenvalue weighted by Gasteiger charge is -2.35. The smallest absolute Gasteiger partial charge is 0.431 e. The van der Waals surface area contributed by atoms with E-state index in [1.54, 1.807) is 6.20 Å². The van der Waals surface area contributed by atoms with Gasteiger partial charge in [-0.3, -0.25) is 10.1 Å². The van der Waals surface area contributed by atoms with Crippen LogP contribution >= 0.6 is 11.3 Å². The third-order valence-electron chi connectivity index (χ3n) is 6.79. The Labute approximate surface area is 212 Å². The van der Waals surface area contributed by atoms with Gasteiger partial charge in [-0.2, -0.15) is 4.48 Å². The van der Waals surface area contributed by atoms with E-state index in [4.69, 9.17) is 9.47 Å². The zero-order valence-corrected chi connectivity index (χ0v) is 20.7. The summed E-state index contributed by atoms with van der Waals surface area (Å²) in [4.78, 5) is 32.5. The van der Waals surface area contributed by atoms with E-state index < -0.39 is 0 Å². The number of quaternary nitrogens is 1. The summed E-state index contributed by atoms with van der Waals surface area (Å²) in [6, 6.07) is 16.9. The Hall–Kier alpha value is -3.79. The van der Waals surface area contributed by atoms with Crippen molar-refractivity contribution in [1.29, 1.82) is 0 Å². The van der Waals surface area contributed by atoms with E-state index in [0.29, 0.717) is 34.4 Å². The van der Waals surface area contributed by atoms with Crippen LogP contribution in [0.3, 0.4) is 0 Å². The predicted molar refractivity (Wildman–Crippen MR) is 140 cm³/mol. The van der Waals surface area contributed by atoms with Crippen molar-refractivity contribution >= 4 is 50.6 Å². The normalized spacial score (nSPS) is 20.8. The van der Waals surface area contributed by atoms with Gasteiger partial charge in [0, 0.05) is 30.5 Å². The van der Waals surface area contributed by atoms with Crippen LogP contribution in [0.1, 0.15) is 21.7 Å². The van der Waals surface area contributed by atoms with Crippen LogP contribution in [0.4, 0.5) is 21.9 Å². The summed E-state index contributed by atoms with van der Waals surface area (Å²) in [5, 5.41) is 6.85. The minimum absolute atomic E-state index is 0.0260. The minimum Gasteiger partial charge on any atom is -0.457 e. The number of pyridine rings is 1. The second kappa shape index (κ2) is 8.70. The van der Waals surface area contributed by atoms with Gasteiger partial charge in [-0.25, -0.2) is 9.78 Å². The van der Waals surface area contributed by atoms with Gasteiger partial charge >= 0.3 is 6.03 Å². The highest BCUT2D eigenvalue weighted by Crippen LogP contribution is 2.49. The van der Waals surface area contributed by atoms with Crippen LogP contribution in [0.25, 0.3) is 10.2 Å². The van der Waals surface area contributed by atoms with Crippen molar-refractivity contribution in [3.63, 3.8) is 0 Å². The summed E-state index contributed by atoms with van der Waals surface area (Å²) in [7, 11) is 1.86. The first kappa shape index (κ1) is 22.7. The van der Waals surface area contributed by atoms with E-state index in [0.717, 1.165) is 34.5 Å². The van der Waals surface area contributed by atoms with Gasteiger partial charge in [-0.05, 0) is 37.6 Å². The Kier molecular flexibility index (Phi) is 5.48. The first-order chi connectivity index (χ1) is 17.4. The topological polar surface area (TPSA) is 89.5 Å². The molecule has 2 aliphatic rings. The van der Waals surface area contributed by atoms with Crippen molar-refractivity contribution in [3.8, 4) is 11.5 Å². The number of anilines is 1. The average molecular weight is 502 g/mol. The minimum atomic E-state index is -0.244. The van der Waals surface area contributed by atoms with E-state index in [2.05, 4.69) is 15.6 Å². The molecule has 8 nitrogen and oxygen atoms in total. The molecule has 4 aromatic rings. The summed E-state index contributed by atoms with van der Waals surface area (Å²) < 4.78 is 11.3. The monoisotopic (exact) mass is 501 g/mol. The quantitative estimate of drug-likeness (QED) is 0.341. The van der Waals surface area contributed by atoms with E-state index >= 15 is 0 Å². The number of carbonyl (C=O) groups excluding carboxylic acids is 2. The lowest BCUT2D eigenvalue weighted by atomic mass is 10.1. The van der Waals surface area contributed by atoms with Gasteiger partial charge < -0.3 is 14.8 Å². The number of nitrogens with zero attached hydrogens (tertiary/aromatic N) is 2. The molecule has 0 bridgehead atoms. The fraction of sp³-hybridized carbons (Fsp3) is 0.222. The number of rotatable bonds is 5. The van der Waals surface area contributed by atoms with E-state index in [-0.39, 0.29) is 22.5 Å². The van der Waals surface area contributed by atoms with Crippen molar-refractivity contribution in [3.05, 3.63) is 71.2 Å². The van der Waals surface area contributed by atoms with Crippen LogP contribution in [-0.2, 0) is 4.74 Å². The van der Waals surface area contributed by atoms with E-state index in [9.17, 15) is 9.59 Å². The number of amides is 3. The molecule has 182 valence electrons. The van der Waals surface area contributed by atoms with Crippen molar-refractivity contribution in [2.45, 2.75) is 19.4 Å². The third kappa shape index (κ3) is 3.63. The number of carbonyl (C=O) groups is 2. The molecular weight excluding hydrogens is 476 g/mol. The first-order valence-electron chi connectivity index (χ1n) is 11.8. The van der Waals surface area contributed by atoms with Crippen LogP contribution in [-0.4, -0.2) is 43.2 Å². The largest absolute Gasteiger partial charge is 0.457 e. The molecule has 9 heteroatoms. The summed E-state index contributed by atoms with van der Waals surface area (Å²) in [6.07, 6.45) is 2.47. The van der Waals surface area contributed by atoms with Crippen LogP contribution in [0.2, 0.25) is 0 Å². The summed E-state index contributed by atoms with van der Waals surface area (Å²) >= 11 is 1.29. The van der Waals surface area contributed by atoms with Gasteiger partial charge in [0.25, 0.3) is 5.91 Å².